The lowest BCUT2D eigenvalue weighted by atomic mass is 9.42. The second-order valence-electron chi connectivity index (χ2n) is 15.3. The Morgan fingerprint density at radius 3 is 2.14 bits per heavy atom. The molecule has 1 saturated heterocycles. The lowest BCUT2D eigenvalue weighted by molar-refractivity contribution is -0.301. The third-order valence-corrected chi connectivity index (χ3v) is 13.7. The Kier molecular flexibility index (Phi) is 8.83. The number of carbonyl (C=O) groups excluding carboxylic acids is 3. The molecule has 5 saturated carbocycles. The summed E-state index contributed by atoms with van der Waals surface area (Å²) in [5, 5.41) is 12.9. The number of hydrogen-bond donors (Lipinski definition) is 1. The van der Waals surface area contributed by atoms with Crippen LogP contribution in [0.5, 0.6) is 5.75 Å². The monoisotopic (exact) mass is 701 g/mol. The molecule has 6 aliphatic rings. The van der Waals surface area contributed by atoms with Crippen LogP contribution in [0.25, 0.3) is 0 Å². The summed E-state index contributed by atoms with van der Waals surface area (Å²) in [5.41, 5.74) is -4.02. The first-order chi connectivity index (χ1) is 23.9. The maximum atomic E-state index is 14.0. The summed E-state index contributed by atoms with van der Waals surface area (Å²) in [5.74, 6) is -2.67. The van der Waals surface area contributed by atoms with Gasteiger partial charge < -0.3 is 43.0 Å². The second kappa shape index (κ2) is 12.4. The fraction of sp³-hybridized carbons (Fsp3) is 0.757. The van der Waals surface area contributed by atoms with Crippen LogP contribution in [0.3, 0.4) is 0 Å². The summed E-state index contributed by atoms with van der Waals surface area (Å²) in [6.45, 7) is 6.38. The van der Waals surface area contributed by atoms with Crippen LogP contribution in [0.15, 0.2) is 24.3 Å². The Balaban J connectivity index is 1.48. The molecular weight excluding hydrogens is 650 g/mol. The van der Waals surface area contributed by atoms with Crippen molar-refractivity contribution in [3.05, 3.63) is 29.8 Å². The van der Waals surface area contributed by atoms with E-state index in [1.807, 2.05) is 0 Å². The second-order valence-corrected chi connectivity index (χ2v) is 15.3. The van der Waals surface area contributed by atoms with Crippen molar-refractivity contribution in [3.8, 4) is 5.75 Å². The Labute approximate surface area is 293 Å². The number of fused-ring (bicyclic) bond motifs is 2. The maximum absolute atomic E-state index is 14.0. The minimum atomic E-state index is -1.61. The predicted octanol–water partition coefficient (Wildman–Crippen LogP) is 2.26. The molecule has 4 unspecified atom stereocenters. The van der Waals surface area contributed by atoms with Crippen molar-refractivity contribution in [1.29, 1.82) is 0 Å². The van der Waals surface area contributed by atoms with E-state index in [9.17, 15) is 19.5 Å². The van der Waals surface area contributed by atoms with Crippen LogP contribution >= 0.6 is 0 Å². The third kappa shape index (κ3) is 4.43. The van der Waals surface area contributed by atoms with Gasteiger partial charge in [-0.2, -0.15) is 0 Å². The average molecular weight is 702 g/mol. The number of benzene rings is 1. The highest BCUT2D eigenvalue weighted by Crippen LogP contribution is 2.81. The first-order valence-corrected chi connectivity index (χ1v) is 17.6. The van der Waals surface area contributed by atoms with Gasteiger partial charge in [0.05, 0.1) is 37.6 Å². The molecule has 7 bridgehead atoms. The summed E-state index contributed by atoms with van der Waals surface area (Å²) < 4.78 is 49.8. The molecule has 1 spiro atoms. The molecule has 13 heteroatoms. The largest absolute Gasteiger partial charge is 0.497 e. The van der Waals surface area contributed by atoms with Crippen molar-refractivity contribution >= 4 is 17.9 Å². The van der Waals surface area contributed by atoms with E-state index in [0.29, 0.717) is 30.8 Å². The smallest absolute Gasteiger partial charge is 0.338 e. The van der Waals surface area contributed by atoms with E-state index in [1.165, 1.54) is 21.0 Å². The number of likely N-dealkylation sites (tertiary alicyclic amines) is 1. The minimum Gasteiger partial charge on any atom is -0.497 e. The SMILES string of the molecule is CCN1C[C@]2(COC)[C@H](OC(C)=O)C[C@H](OC)C34C1C([C@H](OC)[C@@H]32)[C@@]1(OC(C)=O)C[C@H](OC)[C@@]2(O)C[C@@H]4[C@@H]1C2OC(=O)c1ccc(OC)cc1. The van der Waals surface area contributed by atoms with Crippen LogP contribution in [-0.2, 0) is 42.7 Å². The van der Waals surface area contributed by atoms with Crippen molar-refractivity contribution in [1.82, 2.24) is 4.90 Å². The quantitative estimate of drug-likeness (QED) is 0.266. The van der Waals surface area contributed by atoms with E-state index in [-0.39, 0.29) is 37.3 Å². The van der Waals surface area contributed by atoms with E-state index in [0.717, 1.165) is 0 Å². The van der Waals surface area contributed by atoms with Crippen LogP contribution in [-0.4, -0.2) is 131 Å². The Morgan fingerprint density at radius 1 is 0.880 bits per heavy atom. The van der Waals surface area contributed by atoms with Crippen LogP contribution in [0.2, 0.25) is 0 Å². The molecule has 50 heavy (non-hydrogen) atoms. The standard InChI is InChI=1S/C37H51NO12/c1-9-38-17-34(18-43-4)24(48-19(2)39)14-25(45-6)37-23-15-35(42)26(46-7)16-36(50-20(3)40,28(31(37)38)29(47-8)30(34)37)27(23)32(35)49-33(41)21-10-12-22(44-5)13-11-21/h10-13,23-32,42H,9,14-18H2,1-8H3/t23-,24-,25+,26+,27-,28?,29+,30-,31?,32?,34+,35+,36-,37?/m1/s1. The molecule has 6 fully saturated rings. The molecule has 1 N–H and O–H groups in total. The van der Waals surface area contributed by atoms with Gasteiger partial charge in [-0.1, -0.05) is 6.92 Å². The fourth-order valence-electron chi connectivity index (χ4n) is 12.7. The first-order valence-electron chi connectivity index (χ1n) is 17.6. The van der Waals surface area contributed by atoms with Gasteiger partial charge in [0.25, 0.3) is 0 Å². The number of esters is 3. The van der Waals surface area contributed by atoms with Crippen molar-refractivity contribution < 1.29 is 57.4 Å². The molecule has 1 aromatic carbocycles. The highest BCUT2D eigenvalue weighted by Gasteiger charge is 2.91. The van der Waals surface area contributed by atoms with Crippen molar-refractivity contribution in [2.75, 3.05) is 55.2 Å². The number of carbonyl (C=O) groups is 3. The average Bonchev–Trinajstić information content (AvgIpc) is 3.46. The van der Waals surface area contributed by atoms with Gasteiger partial charge in [-0.3, -0.25) is 14.5 Å². The summed E-state index contributed by atoms with van der Waals surface area (Å²) in [4.78, 5) is 42.5. The molecule has 14 atom stereocenters. The van der Waals surface area contributed by atoms with Crippen LogP contribution < -0.4 is 4.74 Å². The summed E-state index contributed by atoms with van der Waals surface area (Å²) in [6, 6.07) is 6.38. The van der Waals surface area contributed by atoms with Crippen molar-refractivity contribution in [2.24, 2.45) is 34.5 Å². The zero-order valence-electron chi connectivity index (χ0n) is 30.2. The lowest BCUT2D eigenvalue weighted by Gasteiger charge is -2.70. The topological polar surface area (TPSA) is 149 Å². The zero-order valence-corrected chi connectivity index (χ0v) is 30.2. The molecule has 0 radical (unpaired) electrons. The minimum absolute atomic E-state index is 0.182. The molecule has 1 heterocycles. The van der Waals surface area contributed by atoms with E-state index in [4.69, 9.17) is 37.9 Å². The van der Waals surface area contributed by atoms with Gasteiger partial charge in [0.2, 0.25) is 0 Å². The van der Waals surface area contributed by atoms with Gasteiger partial charge in [-0.25, -0.2) is 4.79 Å². The number of methoxy groups -OCH3 is 5. The lowest BCUT2D eigenvalue weighted by Crippen LogP contribution is -2.79. The van der Waals surface area contributed by atoms with Crippen LogP contribution in [0, 0.1) is 34.5 Å². The number of hydrogen-bond acceptors (Lipinski definition) is 13. The number of piperidine rings is 1. The number of nitrogens with zero attached hydrogens (tertiary/aromatic N) is 1. The summed E-state index contributed by atoms with van der Waals surface area (Å²) >= 11 is 0. The highest BCUT2D eigenvalue weighted by molar-refractivity contribution is 5.89. The van der Waals surface area contributed by atoms with E-state index in [1.54, 1.807) is 52.7 Å². The van der Waals surface area contributed by atoms with E-state index < -0.39 is 82.3 Å². The molecule has 1 aliphatic heterocycles. The van der Waals surface area contributed by atoms with Gasteiger partial charge in [0, 0.05) is 96.3 Å². The van der Waals surface area contributed by atoms with Crippen LogP contribution in [0.1, 0.15) is 50.4 Å². The Hall–Kier alpha value is -2.81. The molecule has 1 aromatic rings. The third-order valence-electron chi connectivity index (χ3n) is 13.7. The Morgan fingerprint density at radius 2 is 1.58 bits per heavy atom. The van der Waals surface area contributed by atoms with Gasteiger partial charge >= 0.3 is 17.9 Å². The van der Waals surface area contributed by atoms with Crippen LogP contribution in [0.4, 0.5) is 0 Å². The van der Waals surface area contributed by atoms with Crippen molar-refractivity contribution in [2.45, 2.75) is 87.8 Å². The van der Waals surface area contributed by atoms with Gasteiger partial charge in [0.1, 0.15) is 29.2 Å². The van der Waals surface area contributed by atoms with Gasteiger partial charge in [-0.15, -0.1) is 0 Å². The molecule has 0 aromatic heterocycles. The maximum Gasteiger partial charge on any atom is 0.338 e. The van der Waals surface area contributed by atoms with Crippen molar-refractivity contribution in [3.63, 3.8) is 0 Å². The number of rotatable bonds is 11. The molecule has 0 amide bonds. The molecule has 13 nitrogen and oxygen atoms in total. The molecule has 5 aliphatic carbocycles. The zero-order chi connectivity index (χ0) is 36.0. The molecular formula is C37H51NO12. The van der Waals surface area contributed by atoms with E-state index in [2.05, 4.69) is 11.8 Å². The fourth-order valence-corrected chi connectivity index (χ4v) is 12.7. The normalized spacial score (nSPS) is 45.1. The number of aliphatic hydroxyl groups is 1. The molecule has 276 valence electrons. The Bertz CT molecular complexity index is 1510. The summed E-state index contributed by atoms with van der Waals surface area (Å²) in [7, 11) is 8.09. The first kappa shape index (κ1) is 35.6. The predicted molar refractivity (Wildman–Crippen MR) is 175 cm³/mol. The van der Waals surface area contributed by atoms with E-state index >= 15 is 0 Å². The highest BCUT2D eigenvalue weighted by atomic mass is 16.6. The summed E-state index contributed by atoms with van der Waals surface area (Å²) in [6.07, 6.45) is -2.66. The molecule has 7 rings (SSSR count). The number of ether oxygens (including phenoxy) is 8. The van der Waals surface area contributed by atoms with Gasteiger partial charge in [0.15, 0.2) is 0 Å². The van der Waals surface area contributed by atoms with Gasteiger partial charge in [-0.05, 0) is 43.1 Å².